The molecule has 0 aromatic heterocycles. The molecule has 0 saturated carbocycles. The molecule has 13 heteroatoms. The molecule has 0 unspecified atom stereocenters. The van der Waals surface area contributed by atoms with Crippen LogP contribution in [0.3, 0.4) is 0 Å². The van der Waals surface area contributed by atoms with Crippen LogP contribution in [0.5, 0.6) is 0 Å². The Morgan fingerprint density at radius 1 is 0.794 bits per heavy atom. The summed E-state index contributed by atoms with van der Waals surface area (Å²) >= 11 is 6.16. The van der Waals surface area contributed by atoms with Crippen LogP contribution >= 0.6 is 11.6 Å². The predicted molar refractivity (Wildman–Crippen MR) is 125 cm³/mol. The number of benzene rings is 2. The second-order valence-electron chi connectivity index (χ2n) is 7.66. The molecule has 0 aliphatic carbocycles. The van der Waals surface area contributed by atoms with Crippen LogP contribution in [-0.4, -0.2) is 84.0 Å². The molecule has 0 bridgehead atoms. The molecule has 2 aromatic rings. The van der Waals surface area contributed by atoms with Crippen molar-refractivity contribution in [1.29, 1.82) is 0 Å². The van der Waals surface area contributed by atoms with E-state index in [4.69, 9.17) is 21.1 Å². The zero-order chi connectivity index (χ0) is 24.3. The fraction of sp³-hybridized carbons (Fsp3) is 0.381. The molecule has 10 nitrogen and oxygen atoms in total. The Labute approximate surface area is 203 Å². The Morgan fingerprint density at radius 3 is 1.88 bits per heavy atom. The van der Waals surface area contributed by atoms with Gasteiger partial charge in [0.15, 0.2) is 0 Å². The average Bonchev–Trinajstić information content (AvgIpc) is 2.86. The highest BCUT2D eigenvalue weighted by atomic mass is 35.5. The van der Waals surface area contributed by atoms with Crippen molar-refractivity contribution in [2.45, 2.75) is 9.79 Å². The van der Waals surface area contributed by atoms with Gasteiger partial charge in [-0.25, -0.2) is 16.8 Å². The molecule has 0 spiro atoms. The molecule has 2 aliphatic rings. The van der Waals surface area contributed by atoms with Gasteiger partial charge in [-0.2, -0.15) is 8.61 Å². The maximum Gasteiger partial charge on any atom is 0.255 e. The third-order valence-electron chi connectivity index (χ3n) is 5.50. The van der Waals surface area contributed by atoms with Crippen LogP contribution in [0.4, 0.5) is 5.69 Å². The highest BCUT2D eigenvalue weighted by Crippen LogP contribution is 2.28. The Hall–Kier alpha value is -2.06. The zero-order valence-electron chi connectivity index (χ0n) is 18.1. The lowest BCUT2D eigenvalue weighted by Gasteiger charge is -2.26. The smallest absolute Gasteiger partial charge is 0.255 e. The largest absolute Gasteiger partial charge is 0.379 e. The molecule has 184 valence electrons. The molecular weight excluding hydrogens is 506 g/mol. The first-order chi connectivity index (χ1) is 16.2. The molecule has 2 aromatic carbocycles. The molecule has 2 aliphatic heterocycles. The lowest BCUT2D eigenvalue weighted by Crippen LogP contribution is -2.40. The van der Waals surface area contributed by atoms with Crippen molar-refractivity contribution in [2.75, 3.05) is 57.9 Å². The molecule has 1 N–H and O–H groups in total. The number of carbonyl (C=O) groups excluding carboxylic acids is 1. The van der Waals surface area contributed by atoms with Gasteiger partial charge in [-0.15, -0.1) is 0 Å². The second-order valence-corrected chi connectivity index (χ2v) is 11.9. The van der Waals surface area contributed by atoms with Gasteiger partial charge >= 0.3 is 0 Å². The lowest BCUT2D eigenvalue weighted by molar-refractivity contribution is 0.0730. The molecule has 2 saturated heterocycles. The van der Waals surface area contributed by atoms with E-state index in [1.54, 1.807) is 0 Å². The minimum atomic E-state index is -3.86. The number of nitrogens with one attached hydrogen (secondary N) is 1. The molecular formula is C21H24ClN3O7S2. The van der Waals surface area contributed by atoms with E-state index in [1.807, 2.05) is 0 Å². The number of rotatable bonds is 6. The van der Waals surface area contributed by atoms with E-state index in [1.165, 1.54) is 51.1 Å². The molecule has 1 amide bonds. The van der Waals surface area contributed by atoms with Crippen molar-refractivity contribution < 1.29 is 31.1 Å². The van der Waals surface area contributed by atoms with Crippen molar-refractivity contribution >= 4 is 43.2 Å². The maximum atomic E-state index is 13.0. The quantitative estimate of drug-likeness (QED) is 0.603. The number of hydrogen-bond donors (Lipinski definition) is 1. The Balaban J connectivity index is 1.50. The second kappa shape index (κ2) is 10.3. The van der Waals surface area contributed by atoms with Crippen molar-refractivity contribution in [1.82, 2.24) is 8.61 Å². The fourth-order valence-electron chi connectivity index (χ4n) is 3.62. The number of morpholine rings is 2. The first-order valence-corrected chi connectivity index (χ1v) is 13.8. The van der Waals surface area contributed by atoms with E-state index in [2.05, 4.69) is 5.32 Å². The van der Waals surface area contributed by atoms with Crippen LogP contribution in [0.15, 0.2) is 52.3 Å². The third kappa shape index (κ3) is 5.28. The Bertz CT molecular complexity index is 1260. The van der Waals surface area contributed by atoms with Gasteiger partial charge in [-0.1, -0.05) is 11.6 Å². The average molecular weight is 530 g/mol. The van der Waals surface area contributed by atoms with Crippen LogP contribution in [0.2, 0.25) is 5.02 Å². The standard InChI is InChI=1S/C21H24ClN3O7S2/c22-19-6-3-17(15-20(19)34(29,30)25-9-13-32-14-10-25)23-21(26)16-1-4-18(5-2-16)33(27,28)24-7-11-31-12-8-24/h1-6,15H,7-14H2,(H,23,26). The number of hydrogen-bond acceptors (Lipinski definition) is 7. The number of halogens is 1. The lowest BCUT2D eigenvalue weighted by atomic mass is 10.2. The summed E-state index contributed by atoms with van der Waals surface area (Å²) in [6, 6.07) is 9.76. The van der Waals surface area contributed by atoms with Crippen LogP contribution in [0.1, 0.15) is 10.4 Å². The number of ether oxygens (including phenoxy) is 2. The third-order valence-corrected chi connectivity index (χ3v) is 9.79. The van der Waals surface area contributed by atoms with Crippen LogP contribution < -0.4 is 5.32 Å². The van der Waals surface area contributed by atoms with Crippen molar-refractivity contribution in [3.8, 4) is 0 Å². The number of carbonyl (C=O) groups is 1. The highest BCUT2D eigenvalue weighted by molar-refractivity contribution is 7.89. The van der Waals surface area contributed by atoms with Gasteiger partial charge in [-0.05, 0) is 42.5 Å². The highest BCUT2D eigenvalue weighted by Gasteiger charge is 2.29. The molecule has 4 rings (SSSR count). The topological polar surface area (TPSA) is 122 Å². The summed E-state index contributed by atoms with van der Waals surface area (Å²) in [5, 5.41) is 2.68. The fourth-order valence-corrected chi connectivity index (χ4v) is 6.94. The number of amides is 1. The zero-order valence-corrected chi connectivity index (χ0v) is 20.5. The molecule has 2 fully saturated rings. The van der Waals surface area contributed by atoms with Gasteiger partial charge in [0, 0.05) is 37.4 Å². The number of nitrogens with zero attached hydrogens (tertiary/aromatic N) is 2. The first kappa shape index (κ1) is 25.0. The van der Waals surface area contributed by atoms with Crippen molar-refractivity contribution in [3.63, 3.8) is 0 Å². The summed E-state index contributed by atoms with van der Waals surface area (Å²) in [6.07, 6.45) is 0. The van der Waals surface area contributed by atoms with Gasteiger partial charge in [0.05, 0.1) is 36.3 Å². The molecule has 2 heterocycles. The predicted octanol–water partition coefficient (Wildman–Crippen LogP) is 1.63. The summed E-state index contributed by atoms with van der Waals surface area (Å²) in [6.45, 7) is 2.25. The van der Waals surface area contributed by atoms with Gasteiger partial charge in [-0.3, -0.25) is 4.79 Å². The first-order valence-electron chi connectivity index (χ1n) is 10.6. The van der Waals surface area contributed by atoms with Gasteiger partial charge in [0.25, 0.3) is 5.91 Å². The summed E-state index contributed by atoms with van der Waals surface area (Å²) < 4.78 is 64.5. The van der Waals surface area contributed by atoms with E-state index >= 15 is 0 Å². The van der Waals surface area contributed by atoms with E-state index in [9.17, 15) is 21.6 Å². The van der Waals surface area contributed by atoms with E-state index in [0.29, 0.717) is 26.4 Å². The van der Waals surface area contributed by atoms with E-state index in [0.717, 1.165) is 0 Å². The Morgan fingerprint density at radius 2 is 1.32 bits per heavy atom. The SMILES string of the molecule is O=C(Nc1ccc(Cl)c(S(=O)(=O)N2CCOCC2)c1)c1ccc(S(=O)(=O)N2CCOCC2)cc1. The monoisotopic (exact) mass is 529 g/mol. The van der Waals surface area contributed by atoms with Crippen molar-refractivity contribution in [3.05, 3.63) is 53.1 Å². The van der Waals surface area contributed by atoms with Gasteiger partial charge in [0.1, 0.15) is 4.90 Å². The van der Waals surface area contributed by atoms with Crippen LogP contribution in [0, 0.1) is 0 Å². The number of anilines is 1. The molecule has 0 radical (unpaired) electrons. The summed E-state index contributed by atoms with van der Waals surface area (Å²) in [4.78, 5) is 12.7. The molecule has 34 heavy (non-hydrogen) atoms. The summed E-state index contributed by atoms with van der Waals surface area (Å²) in [7, 11) is -7.53. The maximum absolute atomic E-state index is 13.0. The van der Waals surface area contributed by atoms with E-state index in [-0.39, 0.29) is 52.2 Å². The molecule has 0 atom stereocenters. The normalized spacial score (nSPS) is 18.5. The minimum Gasteiger partial charge on any atom is -0.379 e. The number of sulfonamides is 2. The van der Waals surface area contributed by atoms with E-state index < -0.39 is 26.0 Å². The summed E-state index contributed by atoms with van der Waals surface area (Å²) in [5.41, 5.74) is 0.458. The van der Waals surface area contributed by atoms with Crippen molar-refractivity contribution in [2.24, 2.45) is 0 Å². The summed E-state index contributed by atoms with van der Waals surface area (Å²) in [5.74, 6) is -0.521. The van der Waals surface area contributed by atoms with Gasteiger partial charge in [0.2, 0.25) is 20.0 Å². The Kier molecular flexibility index (Phi) is 7.57. The van der Waals surface area contributed by atoms with Crippen LogP contribution in [0.25, 0.3) is 0 Å². The van der Waals surface area contributed by atoms with Gasteiger partial charge < -0.3 is 14.8 Å². The van der Waals surface area contributed by atoms with Crippen LogP contribution in [-0.2, 0) is 29.5 Å². The minimum absolute atomic E-state index is 0.0437.